The van der Waals surface area contributed by atoms with Crippen molar-refractivity contribution < 1.29 is 0 Å². The second kappa shape index (κ2) is 5.16. The highest BCUT2D eigenvalue weighted by molar-refractivity contribution is 5.51. The van der Waals surface area contributed by atoms with Crippen molar-refractivity contribution in [1.82, 2.24) is 0 Å². The SMILES string of the molecule is CC(=Cc1ccccc1)CCC#N. The van der Waals surface area contributed by atoms with Crippen LogP contribution >= 0.6 is 0 Å². The van der Waals surface area contributed by atoms with Crippen molar-refractivity contribution in [3.63, 3.8) is 0 Å². The van der Waals surface area contributed by atoms with Crippen molar-refractivity contribution in [2.75, 3.05) is 0 Å². The van der Waals surface area contributed by atoms with E-state index in [0.29, 0.717) is 6.42 Å². The number of benzene rings is 1. The first-order valence-corrected chi connectivity index (χ1v) is 4.42. The molecule has 0 fully saturated rings. The first-order valence-electron chi connectivity index (χ1n) is 4.42. The Kier molecular flexibility index (Phi) is 3.78. The Balaban J connectivity index is 2.61. The van der Waals surface area contributed by atoms with Crippen molar-refractivity contribution in [2.45, 2.75) is 19.8 Å². The lowest BCUT2D eigenvalue weighted by molar-refractivity contribution is 0.996. The number of hydrogen-bond donors (Lipinski definition) is 0. The van der Waals surface area contributed by atoms with Crippen molar-refractivity contribution in [3.05, 3.63) is 41.5 Å². The van der Waals surface area contributed by atoms with E-state index in [1.807, 2.05) is 18.2 Å². The van der Waals surface area contributed by atoms with Crippen LogP contribution in [-0.2, 0) is 0 Å². The maximum Gasteiger partial charge on any atom is 0.0625 e. The van der Waals surface area contributed by atoms with Gasteiger partial charge in [-0.2, -0.15) is 5.26 Å². The molecule has 0 atom stereocenters. The molecule has 1 heteroatoms. The molecule has 1 rings (SSSR count). The Labute approximate surface area is 79.3 Å². The zero-order chi connectivity index (χ0) is 9.52. The maximum atomic E-state index is 8.40. The van der Waals surface area contributed by atoms with Crippen LogP contribution in [0.1, 0.15) is 25.3 Å². The number of nitriles is 1. The van der Waals surface area contributed by atoms with Gasteiger partial charge in [-0.05, 0) is 18.9 Å². The molecule has 0 aliphatic rings. The van der Waals surface area contributed by atoms with Crippen LogP contribution < -0.4 is 0 Å². The van der Waals surface area contributed by atoms with E-state index in [1.54, 1.807) is 0 Å². The molecule has 1 aromatic rings. The smallest absolute Gasteiger partial charge is 0.0625 e. The van der Waals surface area contributed by atoms with E-state index in [-0.39, 0.29) is 0 Å². The van der Waals surface area contributed by atoms with Crippen LogP contribution in [0.2, 0.25) is 0 Å². The Morgan fingerprint density at radius 3 is 2.69 bits per heavy atom. The molecule has 13 heavy (non-hydrogen) atoms. The second-order valence-corrected chi connectivity index (χ2v) is 3.06. The van der Waals surface area contributed by atoms with Gasteiger partial charge in [0.25, 0.3) is 0 Å². The summed E-state index contributed by atoms with van der Waals surface area (Å²) in [5.74, 6) is 0. The third kappa shape index (κ3) is 3.57. The summed E-state index contributed by atoms with van der Waals surface area (Å²) >= 11 is 0. The molecule has 0 aromatic heterocycles. The summed E-state index contributed by atoms with van der Waals surface area (Å²) < 4.78 is 0. The van der Waals surface area contributed by atoms with Crippen LogP contribution in [0.25, 0.3) is 6.08 Å². The molecule has 0 amide bonds. The van der Waals surface area contributed by atoms with E-state index in [2.05, 4.69) is 31.2 Å². The van der Waals surface area contributed by atoms with Gasteiger partial charge >= 0.3 is 0 Å². The lowest BCUT2D eigenvalue weighted by atomic mass is 10.1. The van der Waals surface area contributed by atoms with Gasteiger partial charge in [-0.25, -0.2) is 0 Å². The molecule has 1 nitrogen and oxygen atoms in total. The maximum absolute atomic E-state index is 8.40. The highest BCUT2D eigenvalue weighted by Gasteiger charge is 1.90. The Morgan fingerprint density at radius 1 is 1.38 bits per heavy atom. The molecule has 1 aromatic carbocycles. The zero-order valence-corrected chi connectivity index (χ0v) is 7.83. The van der Waals surface area contributed by atoms with Gasteiger partial charge in [0.1, 0.15) is 0 Å². The van der Waals surface area contributed by atoms with Crippen molar-refractivity contribution in [3.8, 4) is 6.07 Å². The largest absolute Gasteiger partial charge is 0.198 e. The minimum Gasteiger partial charge on any atom is -0.198 e. The Morgan fingerprint density at radius 2 is 2.08 bits per heavy atom. The predicted molar refractivity (Wildman–Crippen MR) is 54.9 cm³/mol. The lowest BCUT2D eigenvalue weighted by Gasteiger charge is -1.96. The van der Waals surface area contributed by atoms with Gasteiger partial charge in [-0.1, -0.05) is 42.0 Å². The summed E-state index contributed by atoms with van der Waals surface area (Å²) in [5.41, 5.74) is 2.46. The fraction of sp³-hybridized carbons (Fsp3) is 0.250. The molecular weight excluding hydrogens is 158 g/mol. The third-order valence-corrected chi connectivity index (χ3v) is 1.84. The standard InChI is InChI=1S/C12H13N/c1-11(6-5-9-13)10-12-7-3-2-4-8-12/h2-4,7-8,10H,5-6H2,1H3. The van der Waals surface area contributed by atoms with Gasteiger partial charge in [-0.3, -0.25) is 0 Å². The molecule has 0 spiro atoms. The number of hydrogen-bond acceptors (Lipinski definition) is 1. The van der Waals surface area contributed by atoms with E-state index in [9.17, 15) is 0 Å². The summed E-state index contributed by atoms with van der Waals surface area (Å²) in [6.45, 7) is 2.06. The van der Waals surface area contributed by atoms with E-state index >= 15 is 0 Å². The molecular formula is C12H13N. The number of rotatable bonds is 3. The highest BCUT2D eigenvalue weighted by Crippen LogP contribution is 2.09. The molecule has 0 bridgehead atoms. The summed E-state index contributed by atoms with van der Waals surface area (Å²) in [4.78, 5) is 0. The van der Waals surface area contributed by atoms with E-state index < -0.39 is 0 Å². The fourth-order valence-corrected chi connectivity index (χ4v) is 1.16. The Bertz CT molecular complexity index is 317. The number of nitrogens with zero attached hydrogens (tertiary/aromatic N) is 1. The van der Waals surface area contributed by atoms with Gasteiger partial charge < -0.3 is 0 Å². The third-order valence-electron chi connectivity index (χ3n) is 1.84. The number of allylic oxidation sites excluding steroid dienone is 1. The summed E-state index contributed by atoms with van der Waals surface area (Å²) in [7, 11) is 0. The van der Waals surface area contributed by atoms with E-state index in [4.69, 9.17) is 5.26 Å². The molecule has 0 radical (unpaired) electrons. The van der Waals surface area contributed by atoms with Gasteiger partial charge in [0.15, 0.2) is 0 Å². The van der Waals surface area contributed by atoms with Gasteiger partial charge in [-0.15, -0.1) is 0 Å². The average Bonchev–Trinajstić information content (AvgIpc) is 2.16. The van der Waals surface area contributed by atoms with Crippen LogP contribution in [0.5, 0.6) is 0 Å². The van der Waals surface area contributed by atoms with E-state index in [1.165, 1.54) is 11.1 Å². The Hall–Kier alpha value is -1.55. The molecule has 66 valence electrons. The van der Waals surface area contributed by atoms with Crippen molar-refractivity contribution in [1.29, 1.82) is 5.26 Å². The predicted octanol–water partition coefficient (Wildman–Crippen LogP) is 3.39. The zero-order valence-electron chi connectivity index (χ0n) is 7.83. The molecule has 0 saturated carbocycles. The van der Waals surface area contributed by atoms with Gasteiger partial charge in [0.2, 0.25) is 0 Å². The van der Waals surface area contributed by atoms with Crippen LogP contribution in [0, 0.1) is 11.3 Å². The van der Waals surface area contributed by atoms with Crippen LogP contribution in [0.15, 0.2) is 35.9 Å². The van der Waals surface area contributed by atoms with E-state index in [0.717, 1.165) is 6.42 Å². The van der Waals surface area contributed by atoms with Gasteiger partial charge in [0, 0.05) is 6.42 Å². The second-order valence-electron chi connectivity index (χ2n) is 3.06. The first kappa shape index (κ1) is 9.54. The van der Waals surface area contributed by atoms with Crippen LogP contribution in [0.4, 0.5) is 0 Å². The minimum absolute atomic E-state index is 0.606. The average molecular weight is 171 g/mol. The first-order chi connectivity index (χ1) is 6.33. The van der Waals surface area contributed by atoms with Crippen LogP contribution in [0.3, 0.4) is 0 Å². The topological polar surface area (TPSA) is 23.8 Å². The summed E-state index contributed by atoms with van der Waals surface area (Å²) in [6.07, 6.45) is 3.60. The van der Waals surface area contributed by atoms with Crippen molar-refractivity contribution >= 4 is 6.08 Å². The quantitative estimate of drug-likeness (QED) is 0.683. The summed E-state index contributed by atoms with van der Waals surface area (Å²) in [6, 6.07) is 12.3. The monoisotopic (exact) mass is 171 g/mol. The highest BCUT2D eigenvalue weighted by atomic mass is 14.2. The molecule has 0 heterocycles. The van der Waals surface area contributed by atoms with Crippen LogP contribution in [-0.4, -0.2) is 0 Å². The molecule has 0 aliphatic heterocycles. The van der Waals surface area contributed by atoms with Crippen molar-refractivity contribution in [2.24, 2.45) is 0 Å². The minimum atomic E-state index is 0.606. The normalized spacial score (nSPS) is 10.9. The molecule has 0 N–H and O–H groups in total. The lowest BCUT2D eigenvalue weighted by Crippen LogP contribution is -1.77. The molecule has 0 saturated heterocycles. The molecule has 0 aliphatic carbocycles. The van der Waals surface area contributed by atoms with Gasteiger partial charge in [0.05, 0.1) is 6.07 Å². The fourth-order valence-electron chi connectivity index (χ4n) is 1.16. The summed E-state index contributed by atoms with van der Waals surface area (Å²) in [5, 5.41) is 8.40. The molecule has 0 unspecified atom stereocenters.